The quantitative estimate of drug-likeness (QED) is 0.0632. The van der Waals surface area contributed by atoms with Gasteiger partial charge in [0.25, 0.3) is 0 Å². The zero-order chi connectivity index (χ0) is 33.4. The van der Waals surface area contributed by atoms with Crippen molar-refractivity contribution in [3.63, 3.8) is 0 Å². The summed E-state index contributed by atoms with van der Waals surface area (Å²) in [5.74, 6) is 0. The van der Waals surface area contributed by atoms with Gasteiger partial charge < -0.3 is 0 Å². The maximum Gasteiger partial charge on any atom is 0.0361 e. The standard InChI is InChI=1S/C48H56S/c1-3-5-7-9-11-13-15-17-19-35-21-23-37-27-41-31-45-46-32-42-28-38-24-22-36(20-18-16-14-12-10-8-6-4-2)26-40(38)30-44(42)34-48(46)49-47(45)33-43(41)29-39(37)25-35/h21-34H,3-20H2,1-2H3. The van der Waals surface area contributed by atoms with Gasteiger partial charge in [-0.05, 0) is 128 Å². The normalized spacial score (nSPS) is 12.1. The molecule has 0 aliphatic carbocycles. The fourth-order valence-corrected chi connectivity index (χ4v) is 9.27. The summed E-state index contributed by atoms with van der Waals surface area (Å²) >= 11 is 1.95. The van der Waals surface area contributed by atoms with Crippen molar-refractivity contribution in [3.05, 3.63) is 96.1 Å². The number of unbranched alkanes of at least 4 members (excludes halogenated alkanes) is 14. The largest absolute Gasteiger partial charge is 0.135 e. The van der Waals surface area contributed by atoms with Crippen LogP contribution in [-0.2, 0) is 12.8 Å². The van der Waals surface area contributed by atoms with Crippen LogP contribution >= 0.6 is 11.3 Å². The predicted octanol–water partition coefficient (Wildman–Crippen LogP) is 16.0. The maximum atomic E-state index is 2.45. The van der Waals surface area contributed by atoms with Gasteiger partial charge in [-0.15, -0.1) is 11.3 Å². The van der Waals surface area contributed by atoms with Crippen LogP contribution in [0, 0.1) is 0 Å². The summed E-state index contributed by atoms with van der Waals surface area (Å²) in [5, 5.41) is 13.6. The second kappa shape index (κ2) is 16.5. The molecule has 1 heteroatoms. The molecule has 1 aromatic heterocycles. The lowest BCUT2D eigenvalue weighted by Gasteiger charge is -2.08. The van der Waals surface area contributed by atoms with E-state index in [1.165, 1.54) is 190 Å². The number of hydrogen-bond acceptors (Lipinski definition) is 1. The van der Waals surface area contributed by atoms with Crippen LogP contribution in [0.1, 0.15) is 128 Å². The first-order valence-corrected chi connectivity index (χ1v) is 20.7. The van der Waals surface area contributed by atoms with Crippen LogP contribution in [0.4, 0.5) is 0 Å². The molecule has 0 atom stereocenters. The lowest BCUT2D eigenvalue weighted by Crippen LogP contribution is -1.87. The highest BCUT2D eigenvalue weighted by Gasteiger charge is 2.11. The molecule has 0 saturated carbocycles. The Hall–Kier alpha value is -3.42. The second-order valence-corrected chi connectivity index (χ2v) is 16.1. The van der Waals surface area contributed by atoms with Crippen molar-refractivity contribution in [2.24, 2.45) is 0 Å². The molecule has 0 spiro atoms. The second-order valence-electron chi connectivity index (χ2n) is 15.0. The Labute approximate surface area is 298 Å². The summed E-state index contributed by atoms with van der Waals surface area (Å²) in [6.45, 7) is 4.59. The smallest absolute Gasteiger partial charge is 0.0361 e. The summed E-state index contributed by atoms with van der Waals surface area (Å²) in [4.78, 5) is 0. The third-order valence-corrected chi connectivity index (χ3v) is 12.2. The minimum absolute atomic E-state index is 1.20. The summed E-state index contributed by atoms with van der Waals surface area (Å²) < 4.78 is 2.79. The number of rotatable bonds is 18. The molecule has 0 N–H and O–H groups in total. The Morgan fingerprint density at radius 1 is 0.327 bits per heavy atom. The van der Waals surface area contributed by atoms with E-state index < -0.39 is 0 Å². The summed E-state index contributed by atoms with van der Waals surface area (Å²) in [6.07, 6.45) is 24.4. The first kappa shape index (κ1) is 34.0. The van der Waals surface area contributed by atoms with Crippen LogP contribution in [0.15, 0.2) is 84.9 Å². The van der Waals surface area contributed by atoms with E-state index in [2.05, 4.69) is 98.8 Å². The van der Waals surface area contributed by atoms with Crippen molar-refractivity contribution in [2.45, 2.75) is 129 Å². The third kappa shape index (κ3) is 8.32. The molecule has 1 heterocycles. The monoisotopic (exact) mass is 664 g/mol. The van der Waals surface area contributed by atoms with E-state index in [4.69, 9.17) is 0 Å². The van der Waals surface area contributed by atoms with E-state index in [1.54, 1.807) is 0 Å². The van der Waals surface area contributed by atoms with Crippen LogP contribution in [0.25, 0.3) is 63.3 Å². The Morgan fingerprint density at radius 3 is 1.10 bits per heavy atom. The van der Waals surface area contributed by atoms with Crippen LogP contribution in [0.5, 0.6) is 0 Å². The minimum atomic E-state index is 1.20. The molecule has 7 rings (SSSR count). The van der Waals surface area contributed by atoms with Gasteiger partial charge in [0.15, 0.2) is 0 Å². The van der Waals surface area contributed by atoms with Crippen molar-refractivity contribution in [1.29, 1.82) is 0 Å². The van der Waals surface area contributed by atoms with Gasteiger partial charge in [0.05, 0.1) is 0 Å². The number of hydrogen-bond donors (Lipinski definition) is 0. The highest BCUT2D eigenvalue weighted by atomic mass is 32.1. The van der Waals surface area contributed by atoms with Gasteiger partial charge >= 0.3 is 0 Å². The predicted molar refractivity (Wildman–Crippen MR) is 222 cm³/mol. The number of thiophene rings is 1. The molecule has 0 radical (unpaired) electrons. The third-order valence-electron chi connectivity index (χ3n) is 11.1. The van der Waals surface area contributed by atoms with Gasteiger partial charge in [0, 0.05) is 20.2 Å². The van der Waals surface area contributed by atoms with Crippen molar-refractivity contribution in [3.8, 4) is 0 Å². The Morgan fingerprint density at radius 2 is 0.673 bits per heavy atom. The van der Waals surface area contributed by atoms with E-state index in [1.807, 2.05) is 11.3 Å². The van der Waals surface area contributed by atoms with E-state index in [0.717, 1.165) is 0 Å². The molecule has 7 aromatic rings. The molecule has 0 saturated heterocycles. The molecule has 0 bridgehead atoms. The van der Waals surface area contributed by atoms with Gasteiger partial charge in [-0.2, -0.15) is 0 Å². The number of benzene rings is 6. The highest BCUT2D eigenvalue weighted by Crippen LogP contribution is 2.40. The Bertz CT molecular complexity index is 2010. The molecule has 6 aromatic carbocycles. The average Bonchev–Trinajstić information content (AvgIpc) is 3.45. The molecule has 0 amide bonds. The fraction of sp³-hybridized carbons (Fsp3) is 0.417. The molecule has 0 aliphatic rings. The molecule has 0 aliphatic heterocycles. The SMILES string of the molecule is CCCCCCCCCCc1ccc2cc3cc4c(cc3cc2c1)sc1cc2cc3cc(CCCCCCCCCC)ccc3cc2cc14. The van der Waals surface area contributed by atoms with E-state index in [9.17, 15) is 0 Å². The van der Waals surface area contributed by atoms with E-state index in [-0.39, 0.29) is 0 Å². The zero-order valence-electron chi connectivity index (χ0n) is 30.2. The van der Waals surface area contributed by atoms with Crippen LogP contribution in [0.2, 0.25) is 0 Å². The van der Waals surface area contributed by atoms with Crippen molar-refractivity contribution >= 4 is 74.6 Å². The van der Waals surface area contributed by atoms with Gasteiger partial charge in [-0.1, -0.05) is 140 Å². The summed E-state index contributed by atoms with van der Waals surface area (Å²) in [7, 11) is 0. The van der Waals surface area contributed by atoms with Crippen LogP contribution < -0.4 is 0 Å². The zero-order valence-corrected chi connectivity index (χ0v) is 31.0. The maximum absolute atomic E-state index is 2.45. The first-order chi connectivity index (χ1) is 24.2. The van der Waals surface area contributed by atoms with E-state index in [0.29, 0.717) is 0 Å². The van der Waals surface area contributed by atoms with Gasteiger partial charge in [0.1, 0.15) is 0 Å². The molecular weight excluding hydrogens is 609 g/mol. The van der Waals surface area contributed by atoms with Crippen LogP contribution in [0.3, 0.4) is 0 Å². The van der Waals surface area contributed by atoms with Crippen molar-refractivity contribution in [1.82, 2.24) is 0 Å². The average molecular weight is 665 g/mol. The van der Waals surface area contributed by atoms with Crippen molar-refractivity contribution < 1.29 is 0 Å². The topological polar surface area (TPSA) is 0 Å². The first-order valence-electron chi connectivity index (χ1n) is 19.9. The minimum Gasteiger partial charge on any atom is -0.135 e. The lowest BCUT2D eigenvalue weighted by atomic mass is 9.97. The van der Waals surface area contributed by atoms with Gasteiger partial charge in [-0.3, -0.25) is 0 Å². The highest BCUT2D eigenvalue weighted by molar-refractivity contribution is 7.26. The molecule has 0 fully saturated rings. The lowest BCUT2D eigenvalue weighted by molar-refractivity contribution is 0.575. The molecular formula is C48H56S. The van der Waals surface area contributed by atoms with Crippen molar-refractivity contribution in [2.75, 3.05) is 0 Å². The number of fused-ring (bicyclic) bond motifs is 7. The summed E-state index contributed by atoms with van der Waals surface area (Å²) in [6, 6.07) is 33.8. The molecule has 254 valence electrons. The Kier molecular flexibility index (Phi) is 11.5. The molecule has 0 unspecified atom stereocenters. The van der Waals surface area contributed by atoms with E-state index >= 15 is 0 Å². The molecule has 49 heavy (non-hydrogen) atoms. The van der Waals surface area contributed by atoms with Gasteiger partial charge in [-0.25, -0.2) is 0 Å². The summed E-state index contributed by atoms with van der Waals surface area (Å²) in [5.41, 5.74) is 2.97. The molecule has 0 nitrogen and oxygen atoms in total. The Balaban J connectivity index is 1.07. The van der Waals surface area contributed by atoms with Crippen LogP contribution in [-0.4, -0.2) is 0 Å². The fourth-order valence-electron chi connectivity index (χ4n) is 8.10. The number of aryl methyl sites for hydroxylation is 2. The van der Waals surface area contributed by atoms with Gasteiger partial charge in [0.2, 0.25) is 0 Å².